The van der Waals surface area contributed by atoms with Crippen LogP contribution in [0.1, 0.15) is 30.9 Å². The lowest BCUT2D eigenvalue weighted by atomic mass is 10.0. The summed E-state index contributed by atoms with van der Waals surface area (Å²) in [7, 11) is 0. The molecule has 0 aromatic heterocycles. The van der Waals surface area contributed by atoms with Crippen LogP contribution in [0.3, 0.4) is 0 Å². The van der Waals surface area contributed by atoms with E-state index in [9.17, 15) is 0 Å². The molecule has 1 aromatic rings. The zero-order valence-corrected chi connectivity index (χ0v) is 7.35. The summed E-state index contributed by atoms with van der Waals surface area (Å²) in [5, 5.41) is 0. The molecule has 0 spiro atoms. The molecule has 11 heavy (non-hydrogen) atoms. The van der Waals surface area contributed by atoms with Gasteiger partial charge in [-0.1, -0.05) is 31.5 Å². The lowest BCUT2D eigenvalue weighted by Gasteiger charge is -2.02. The van der Waals surface area contributed by atoms with E-state index in [0.717, 1.165) is 0 Å². The Morgan fingerprint density at radius 1 is 1.45 bits per heavy atom. The van der Waals surface area contributed by atoms with Crippen molar-refractivity contribution >= 4 is 0 Å². The predicted molar refractivity (Wildman–Crippen MR) is 48.6 cm³/mol. The van der Waals surface area contributed by atoms with Crippen molar-refractivity contribution < 1.29 is 0 Å². The van der Waals surface area contributed by atoms with Crippen molar-refractivity contribution in [3.8, 4) is 0 Å². The highest BCUT2D eigenvalue weighted by molar-refractivity contribution is 5.24. The minimum absolute atomic E-state index is 1.18. The first-order valence-corrected chi connectivity index (χ1v) is 4.30. The van der Waals surface area contributed by atoms with Gasteiger partial charge in [-0.2, -0.15) is 0 Å². The molecule has 1 radical (unpaired) electrons. The van der Waals surface area contributed by atoms with Crippen molar-refractivity contribution in [2.45, 2.75) is 33.1 Å². The SMILES string of the molecule is CCCCc1[c]cccc1C. The summed E-state index contributed by atoms with van der Waals surface area (Å²) in [4.78, 5) is 0. The standard InChI is InChI=1S/C11H15/c1-3-4-8-11-9-6-5-7-10(11)2/h5-7H,3-4,8H2,1-2H3. The maximum atomic E-state index is 3.27. The van der Waals surface area contributed by atoms with Gasteiger partial charge in [-0.15, -0.1) is 0 Å². The summed E-state index contributed by atoms with van der Waals surface area (Å²) in [6.07, 6.45) is 3.73. The van der Waals surface area contributed by atoms with Gasteiger partial charge >= 0.3 is 0 Å². The number of unbranched alkanes of at least 4 members (excludes halogenated alkanes) is 1. The molecule has 0 fully saturated rings. The van der Waals surface area contributed by atoms with Gasteiger partial charge in [0.25, 0.3) is 0 Å². The van der Waals surface area contributed by atoms with Crippen LogP contribution < -0.4 is 0 Å². The van der Waals surface area contributed by atoms with E-state index in [0.29, 0.717) is 0 Å². The Bertz CT molecular complexity index is 213. The molecule has 0 nitrogen and oxygen atoms in total. The number of rotatable bonds is 3. The van der Waals surface area contributed by atoms with Gasteiger partial charge in [0.1, 0.15) is 0 Å². The van der Waals surface area contributed by atoms with Crippen LogP contribution in [0.25, 0.3) is 0 Å². The molecule has 1 aromatic carbocycles. The van der Waals surface area contributed by atoms with Gasteiger partial charge < -0.3 is 0 Å². The normalized spacial score (nSPS) is 10.0. The molecule has 0 N–H and O–H groups in total. The molecule has 0 heteroatoms. The lowest BCUT2D eigenvalue weighted by molar-refractivity contribution is 0.790. The fourth-order valence-electron chi connectivity index (χ4n) is 1.18. The highest BCUT2D eigenvalue weighted by Crippen LogP contribution is 2.09. The van der Waals surface area contributed by atoms with Crippen LogP contribution in [0.5, 0.6) is 0 Å². The lowest BCUT2D eigenvalue weighted by Crippen LogP contribution is -1.88. The zero-order chi connectivity index (χ0) is 8.10. The van der Waals surface area contributed by atoms with E-state index in [-0.39, 0.29) is 0 Å². The zero-order valence-electron chi connectivity index (χ0n) is 7.35. The summed E-state index contributed by atoms with van der Waals surface area (Å²) in [5.74, 6) is 0. The third-order valence-electron chi connectivity index (χ3n) is 1.96. The Hall–Kier alpha value is -0.780. The molecule has 0 aliphatic heterocycles. The molecule has 0 heterocycles. The molecule has 0 bridgehead atoms. The second-order valence-electron chi connectivity index (χ2n) is 2.94. The summed E-state index contributed by atoms with van der Waals surface area (Å²) in [5.41, 5.74) is 2.76. The molecular weight excluding hydrogens is 132 g/mol. The Balaban J connectivity index is 2.62. The van der Waals surface area contributed by atoms with Crippen LogP contribution in [0.15, 0.2) is 18.2 Å². The van der Waals surface area contributed by atoms with E-state index in [1.807, 2.05) is 12.1 Å². The molecule has 0 atom stereocenters. The van der Waals surface area contributed by atoms with E-state index in [4.69, 9.17) is 0 Å². The fourth-order valence-corrected chi connectivity index (χ4v) is 1.18. The van der Waals surface area contributed by atoms with Crippen LogP contribution in [-0.2, 0) is 6.42 Å². The van der Waals surface area contributed by atoms with Gasteiger partial charge in [0, 0.05) is 0 Å². The number of hydrogen-bond donors (Lipinski definition) is 0. The highest BCUT2D eigenvalue weighted by Gasteiger charge is 1.94. The Morgan fingerprint density at radius 3 is 2.91 bits per heavy atom. The minimum atomic E-state index is 1.18. The number of aryl methyl sites for hydroxylation is 2. The predicted octanol–water partition coefficient (Wildman–Crippen LogP) is 3.14. The highest BCUT2D eigenvalue weighted by atomic mass is 14.0. The van der Waals surface area contributed by atoms with Crippen molar-refractivity contribution in [2.75, 3.05) is 0 Å². The van der Waals surface area contributed by atoms with Gasteiger partial charge in [0.15, 0.2) is 0 Å². The van der Waals surface area contributed by atoms with Gasteiger partial charge in [0.2, 0.25) is 0 Å². The quantitative estimate of drug-likeness (QED) is 0.616. The number of benzene rings is 1. The maximum Gasteiger partial charge on any atom is -0.0146 e. The van der Waals surface area contributed by atoms with Crippen molar-refractivity contribution in [2.24, 2.45) is 0 Å². The van der Waals surface area contributed by atoms with Crippen LogP contribution in [0, 0.1) is 13.0 Å². The average molecular weight is 147 g/mol. The van der Waals surface area contributed by atoms with Gasteiger partial charge in [-0.05, 0) is 37.0 Å². The Morgan fingerprint density at radius 2 is 2.27 bits per heavy atom. The third kappa shape index (κ3) is 2.38. The van der Waals surface area contributed by atoms with E-state index in [1.54, 1.807) is 0 Å². The van der Waals surface area contributed by atoms with E-state index in [1.165, 1.54) is 30.4 Å². The molecule has 0 aliphatic rings. The van der Waals surface area contributed by atoms with Crippen molar-refractivity contribution in [3.63, 3.8) is 0 Å². The first kappa shape index (κ1) is 8.32. The van der Waals surface area contributed by atoms with Crippen molar-refractivity contribution in [1.29, 1.82) is 0 Å². The molecular formula is C11H15. The Labute approximate surface area is 69.3 Å². The van der Waals surface area contributed by atoms with E-state index >= 15 is 0 Å². The van der Waals surface area contributed by atoms with Crippen molar-refractivity contribution in [3.05, 3.63) is 35.4 Å². The fraction of sp³-hybridized carbons (Fsp3) is 0.455. The summed E-state index contributed by atoms with van der Waals surface area (Å²) < 4.78 is 0. The second-order valence-corrected chi connectivity index (χ2v) is 2.94. The second kappa shape index (κ2) is 4.17. The van der Waals surface area contributed by atoms with Gasteiger partial charge in [-0.3, -0.25) is 0 Å². The molecule has 0 saturated carbocycles. The van der Waals surface area contributed by atoms with E-state index < -0.39 is 0 Å². The molecule has 0 unspecified atom stereocenters. The molecule has 1 rings (SSSR count). The number of hydrogen-bond acceptors (Lipinski definition) is 0. The smallest absolute Gasteiger partial charge is 0.0146 e. The minimum Gasteiger partial charge on any atom is -0.0654 e. The Kier molecular flexibility index (Phi) is 3.15. The largest absolute Gasteiger partial charge is 0.0654 e. The first-order chi connectivity index (χ1) is 5.34. The van der Waals surface area contributed by atoms with Gasteiger partial charge in [0.05, 0.1) is 0 Å². The monoisotopic (exact) mass is 147 g/mol. The van der Waals surface area contributed by atoms with Crippen molar-refractivity contribution in [1.82, 2.24) is 0 Å². The summed E-state index contributed by atoms with van der Waals surface area (Å²) in [6.45, 7) is 4.37. The topological polar surface area (TPSA) is 0 Å². The van der Waals surface area contributed by atoms with Gasteiger partial charge in [-0.25, -0.2) is 0 Å². The molecule has 0 saturated heterocycles. The average Bonchev–Trinajstić information content (AvgIpc) is 2.03. The van der Waals surface area contributed by atoms with E-state index in [2.05, 4.69) is 26.0 Å². The van der Waals surface area contributed by atoms with Crippen LogP contribution in [0.2, 0.25) is 0 Å². The first-order valence-electron chi connectivity index (χ1n) is 4.30. The maximum absolute atomic E-state index is 3.27. The summed E-state index contributed by atoms with van der Waals surface area (Å²) in [6, 6.07) is 9.47. The summed E-state index contributed by atoms with van der Waals surface area (Å²) >= 11 is 0. The third-order valence-corrected chi connectivity index (χ3v) is 1.96. The molecule has 0 aliphatic carbocycles. The van der Waals surface area contributed by atoms with Crippen LogP contribution in [0.4, 0.5) is 0 Å². The van der Waals surface area contributed by atoms with Crippen LogP contribution in [-0.4, -0.2) is 0 Å². The van der Waals surface area contributed by atoms with Crippen LogP contribution >= 0.6 is 0 Å². The molecule has 59 valence electrons. The molecule has 0 amide bonds.